The number of carbonyl (C=O) groups is 2. The van der Waals surface area contributed by atoms with E-state index in [1.807, 2.05) is 6.07 Å². The second-order valence-corrected chi connectivity index (χ2v) is 4.26. The first kappa shape index (κ1) is 11.0. The van der Waals surface area contributed by atoms with Crippen LogP contribution in [0.5, 0.6) is 0 Å². The molecule has 1 aliphatic heterocycles. The molecule has 2 rings (SSSR count). The highest BCUT2D eigenvalue weighted by atomic mass is 35.5. The standard InChI is InChI=1S/C11H11ClN2O2/c1-7(12)11(16)14-6-10(15)13-8-4-2-3-5-9(8)14/h2-5,7H,6H2,1H3,(H,13,15)/t7-/m0/s1. The fraction of sp³-hybridized carbons (Fsp3) is 0.273. The Morgan fingerprint density at radius 1 is 1.50 bits per heavy atom. The Morgan fingerprint density at radius 3 is 2.88 bits per heavy atom. The Labute approximate surface area is 98.2 Å². The van der Waals surface area contributed by atoms with Crippen molar-refractivity contribution < 1.29 is 9.59 Å². The van der Waals surface area contributed by atoms with Crippen LogP contribution < -0.4 is 10.2 Å². The maximum absolute atomic E-state index is 11.8. The van der Waals surface area contributed by atoms with Crippen molar-refractivity contribution in [1.29, 1.82) is 0 Å². The highest BCUT2D eigenvalue weighted by molar-refractivity contribution is 6.33. The highest BCUT2D eigenvalue weighted by Crippen LogP contribution is 2.29. The summed E-state index contributed by atoms with van der Waals surface area (Å²) in [7, 11) is 0. The number of fused-ring (bicyclic) bond motifs is 1. The Kier molecular flexibility index (Phi) is 2.83. The minimum atomic E-state index is -0.640. The molecule has 1 aromatic rings. The molecule has 0 saturated carbocycles. The normalized spacial score (nSPS) is 16.4. The maximum Gasteiger partial charge on any atom is 0.245 e. The van der Waals surface area contributed by atoms with Crippen LogP contribution in [0.15, 0.2) is 24.3 Å². The quantitative estimate of drug-likeness (QED) is 0.756. The van der Waals surface area contributed by atoms with Gasteiger partial charge in [0.1, 0.15) is 11.9 Å². The highest BCUT2D eigenvalue weighted by Gasteiger charge is 2.28. The van der Waals surface area contributed by atoms with E-state index in [2.05, 4.69) is 5.32 Å². The Bertz CT molecular complexity index is 445. The fourth-order valence-corrected chi connectivity index (χ4v) is 1.76. The van der Waals surface area contributed by atoms with Gasteiger partial charge in [0.05, 0.1) is 11.4 Å². The number of amides is 2. The van der Waals surface area contributed by atoms with E-state index in [0.717, 1.165) is 0 Å². The van der Waals surface area contributed by atoms with Gasteiger partial charge < -0.3 is 5.32 Å². The molecule has 0 saturated heterocycles. The molecule has 1 atom stereocenters. The van der Waals surface area contributed by atoms with E-state index in [-0.39, 0.29) is 18.4 Å². The van der Waals surface area contributed by atoms with Crippen LogP contribution in [0.1, 0.15) is 6.92 Å². The third kappa shape index (κ3) is 1.88. The second kappa shape index (κ2) is 4.14. The molecule has 2 amide bonds. The van der Waals surface area contributed by atoms with E-state index < -0.39 is 5.38 Å². The van der Waals surface area contributed by atoms with Gasteiger partial charge in [0.2, 0.25) is 11.8 Å². The second-order valence-electron chi connectivity index (χ2n) is 3.61. The van der Waals surface area contributed by atoms with E-state index in [4.69, 9.17) is 11.6 Å². The molecule has 1 aromatic carbocycles. The molecule has 16 heavy (non-hydrogen) atoms. The van der Waals surface area contributed by atoms with Crippen LogP contribution in [0.4, 0.5) is 11.4 Å². The third-order valence-electron chi connectivity index (χ3n) is 2.38. The fourth-order valence-electron chi connectivity index (χ4n) is 1.64. The van der Waals surface area contributed by atoms with Crippen molar-refractivity contribution in [2.75, 3.05) is 16.8 Å². The number of nitrogens with zero attached hydrogens (tertiary/aromatic N) is 1. The van der Waals surface area contributed by atoms with Crippen LogP contribution in [0, 0.1) is 0 Å². The first-order valence-corrected chi connectivity index (χ1v) is 5.37. The summed E-state index contributed by atoms with van der Waals surface area (Å²) in [5, 5.41) is 2.07. The molecular formula is C11H11ClN2O2. The number of rotatable bonds is 1. The van der Waals surface area contributed by atoms with Gasteiger partial charge in [0, 0.05) is 0 Å². The van der Waals surface area contributed by atoms with Gasteiger partial charge in [-0.05, 0) is 19.1 Å². The number of carbonyl (C=O) groups excluding carboxylic acids is 2. The molecule has 4 nitrogen and oxygen atoms in total. The van der Waals surface area contributed by atoms with E-state index in [1.165, 1.54) is 4.90 Å². The lowest BCUT2D eigenvalue weighted by molar-refractivity contribution is -0.121. The molecule has 0 spiro atoms. The molecule has 5 heteroatoms. The predicted molar refractivity (Wildman–Crippen MR) is 62.7 cm³/mol. The first-order valence-electron chi connectivity index (χ1n) is 4.94. The molecule has 1 heterocycles. The van der Waals surface area contributed by atoms with Crippen LogP contribution in [-0.4, -0.2) is 23.7 Å². The van der Waals surface area contributed by atoms with E-state index in [0.29, 0.717) is 11.4 Å². The number of hydrogen-bond acceptors (Lipinski definition) is 2. The largest absolute Gasteiger partial charge is 0.323 e. The molecule has 0 aromatic heterocycles. The molecule has 84 valence electrons. The third-order valence-corrected chi connectivity index (χ3v) is 2.56. The zero-order valence-corrected chi connectivity index (χ0v) is 9.49. The van der Waals surface area contributed by atoms with Gasteiger partial charge >= 0.3 is 0 Å². The molecular weight excluding hydrogens is 228 g/mol. The number of nitrogens with one attached hydrogen (secondary N) is 1. The Balaban J connectivity index is 2.41. The summed E-state index contributed by atoms with van der Waals surface area (Å²) in [6.45, 7) is 1.62. The van der Waals surface area contributed by atoms with Crippen molar-refractivity contribution in [1.82, 2.24) is 0 Å². The predicted octanol–water partition coefficient (Wildman–Crippen LogP) is 1.60. The van der Waals surface area contributed by atoms with Gasteiger partial charge in [-0.25, -0.2) is 0 Å². The number of anilines is 2. The molecule has 1 N–H and O–H groups in total. The number of hydrogen-bond donors (Lipinski definition) is 1. The monoisotopic (exact) mass is 238 g/mol. The van der Waals surface area contributed by atoms with Crippen LogP contribution in [0.25, 0.3) is 0 Å². The van der Waals surface area contributed by atoms with E-state index in [9.17, 15) is 9.59 Å². The summed E-state index contributed by atoms with van der Waals surface area (Å²) in [5.74, 6) is -0.465. The minimum Gasteiger partial charge on any atom is -0.323 e. The average Bonchev–Trinajstić information content (AvgIpc) is 2.26. The van der Waals surface area contributed by atoms with Gasteiger partial charge in [0.15, 0.2) is 0 Å². The van der Waals surface area contributed by atoms with Crippen LogP contribution in [0.2, 0.25) is 0 Å². The number of para-hydroxylation sites is 2. The zero-order valence-electron chi connectivity index (χ0n) is 8.74. The minimum absolute atomic E-state index is 0.0207. The summed E-state index contributed by atoms with van der Waals surface area (Å²) in [6.07, 6.45) is 0. The molecule has 0 bridgehead atoms. The van der Waals surface area contributed by atoms with Crippen molar-refractivity contribution in [2.24, 2.45) is 0 Å². The molecule has 1 aliphatic rings. The topological polar surface area (TPSA) is 49.4 Å². The summed E-state index contributed by atoms with van der Waals surface area (Å²) in [4.78, 5) is 24.6. The van der Waals surface area contributed by atoms with Crippen molar-refractivity contribution >= 4 is 34.8 Å². The maximum atomic E-state index is 11.8. The summed E-state index contributed by atoms with van der Waals surface area (Å²) in [5.41, 5.74) is 1.34. The Morgan fingerprint density at radius 2 is 2.19 bits per heavy atom. The summed E-state index contributed by atoms with van der Waals surface area (Å²) in [6, 6.07) is 7.16. The van der Waals surface area contributed by atoms with E-state index in [1.54, 1.807) is 25.1 Å². The number of benzene rings is 1. The smallest absolute Gasteiger partial charge is 0.245 e. The van der Waals surface area contributed by atoms with Crippen molar-refractivity contribution in [3.63, 3.8) is 0 Å². The summed E-state index contributed by atoms with van der Waals surface area (Å²) < 4.78 is 0. The SMILES string of the molecule is C[C@H](Cl)C(=O)N1CC(=O)Nc2ccccc21. The number of halogens is 1. The van der Waals surface area contributed by atoms with Gasteiger partial charge in [-0.3, -0.25) is 14.5 Å². The molecule has 0 fully saturated rings. The molecule has 0 radical (unpaired) electrons. The van der Waals surface area contributed by atoms with Crippen molar-refractivity contribution in [2.45, 2.75) is 12.3 Å². The number of alkyl halides is 1. The van der Waals surface area contributed by atoms with Gasteiger partial charge in [-0.2, -0.15) is 0 Å². The summed E-state index contributed by atoms with van der Waals surface area (Å²) >= 11 is 5.75. The average molecular weight is 239 g/mol. The lowest BCUT2D eigenvalue weighted by Crippen LogP contribution is -2.44. The van der Waals surface area contributed by atoms with Crippen molar-refractivity contribution in [3.05, 3.63) is 24.3 Å². The van der Waals surface area contributed by atoms with Gasteiger partial charge in [0.25, 0.3) is 0 Å². The zero-order chi connectivity index (χ0) is 11.7. The van der Waals surface area contributed by atoms with Gasteiger partial charge in [-0.15, -0.1) is 11.6 Å². The molecule has 0 aliphatic carbocycles. The van der Waals surface area contributed by atoms with Crippen molar-refractivity contribution in [3.8, 4) is 0 Å². The van der Waals surface area contributed by atoms with Crippen LogP contribution in [0.3, 0.4) is 0 Å². The lowest BCUT2D eigenvalue weighted by Gasteiger charge is -2.29. The van der Waals surface area contributed by atoms with Crippen LogP contribution in [-0.2, 0) is 9.59 Å². The Hall–Kier alpha value is -1.55. The van der Waals surface area contributed by atoms with E-state index >= 15 is 0 Å². The van der Waals surface area contributed by atoms with Gasteiger partial charge in [-0.1, -0.05) is 12.1 Å². The first-order chi connectivity index (χ1) is 7.59. The van der Waals surface area contributed by atoms with Crippen LogP contribution >= 0.6 is 11.6 Å². The molecule has 0 unspecified atom stereocenters. The lowest BCUT2D eigenvalue weighted by atomic mass is 10.2.